The lowest BCUT2D eigenvalue weighted by molar-refractivity contribution is 0.0480. The van der Waals surface area contributed by atoms with E-state index in [2.05, 4.69) is 16.6 Å². The van der Waals surface area contributed by atoms with Gasteiger partial charge in [0.15, 0.2) is 0 Å². The molecule has 0 unspecified atom stereocenters. The molecule has 5 nitrogen and oxygen atoms in total. The van der Waals surface area contributed by atoms with Crippen molar-refractivity contribution in [3.63, 3.8) is 0 Å². The predicted molar refractivity (Wildman–Crippen MR) is 45.2 cm³/mol. The lowest BCUT2D eigenvalue weighted by atomic mass is 10.3. The number of rotatable bonds is 3. The second-order valence-corrected chi connectivity index (χ2v) is 3.04. The molecule has 1 aliphatic rings. The van der Waals surface area contributed by atoms with E-state index in [1.165, 1.54) is 0 Å². The van der Waals surface area contributed by atoms with E-state index in [9.17, 15) is 0 Å². The maximum atomic E-state index is 8.43. The summed E-state index contributed by atoms with van der Waals surface area (Å²) in [6.45, 7) is 4.15. The highest BCUT2D eigenvalue weighted by atomic mass is 16.6. The quantitative estimate of drug-likeness (QED) is 0.493. The number of likely N-dealkylation sites (N-methyl/N-ethyl adjacent to an activating group) is 1. The zero-order chi connectivity index (χ0) is 8.97. The molecule has 0 bridgehead atoms. The minimum atomic E-state index is -1.65. The Morgan fingerprint density at radius 2 is 1.83 bits per heavy atom. The first-order valence-corrected chi connectivity index (χ1v) is 4.07. The summed E-state index contributed by atoms with van der Waals surface area (Å²) in [5, 5.41) is 16.9. The maximum Gasteiger partial charge on any atom is 0.634 e. The molecule has 0 saturated carbocycles. The van der Waals surface area contributed by atoms with Gasteiger partial charge in [-0.25, -0.2) is 0 Å². The Hall–Kier alpha value is -0.135. The summed E-state index contributed by atoms with van der Waals surface area (Å²) < 4.78 is 4.64. The molecular weight excluding hydrogens is 159 g/mol. The smallest absolute Gasteiger partial charge is 0.402 e. The Balaban J connectivity index is 2.09. The second kappa shape index (κ2) is 4.79. The molecule has 0 aromatic rings. The molecular formula is C6H15BN2O3. The Labute approximate surface area is 72.7 Å². The highest BCUT2D eigenvalue weighted by Gasteiger charge is 2.16. The summed E-state index contributed by atoms with van der Waals surface area (Å²) in [5.41, 5.74) is 0. The molecule has 0 aromatic carbocycles. The molecule has 12 heavy (non-hydrogen) atoms. The second-order valence-electron chi connectivity index (χ2n) is 3.04. The van der Waals surface area contributed by atoms with Crippen molar-refractivity contribution in [1.82, 2.24) is 9.80 Å². The fourth-order valence-corrected chi connectivity index (χ4v) is 1.15. The van der Waals surface area contributed by atoms with Gasteiger partial charge in [-0.3, -0.25) is 4.90 Å². The summed E-state index contributed by atoms with van der Waals surface area (Å²) in [6.07, 6.45) is 0. The van der Waals surface area contributed by atoms with Crippen LogP contribution in [0.25, 0.3) is 0 Å². The number of hydrogen-bond acceptors (Lipinski definition) is 5. The lowest BCUT2D eigenvalue weighted by Crippen LogP contribution is -2.46. The molecule has 1 fully saturated rings. The van der Waals surface area contributed by atoms with Gasteiger partial charge < -0.3 is 19.6 Å². The van der Waals surface area contributed by atoms with Crippen LogP contribution in [0.2, 0.25) is 0 Å². The summed E-state index contributed by atoms with van der Waals surface area (Å²) in [7, 11) is 0.420. The Morgan fingerprint density at radius 1 is 1.25 bits per heavy atom. The fourth-order valence-electron chi connectivity index (χ4n) is 1.15. The van der Waals surface area contributed by atoms with Crippen LogP contribution < -0.4 is 0 Å². The van der Waals surface area contributed by atoms with E-state index < -0.39 is 7.32 Å². The molecule has 70 valence electrons. The molecule has 0 amide bonds. The van der Waals surface area contributed by atoms with E-state index in [1.54, 1.807) is 0 Å². The fraction of sp³-hybridized carbons (Fsp3) is 1.00. The first kappa shape index (κ1) is 9.95. The first-order valence-electron chi connectivity index (χ1n) is 4.07. The Bertz CT molecular complexity index is 128. The topological polar surface area (TPSA) is 56.2 Å². The van der Waals surface area contributed by atoms with Gasteiger partial charge in [0.25, 0.3) is 0 Å². The van der Waals surface area contributed by atoms with E-state index in [4.69, 9.17) is 10.0 Å². The Morgan fingerprint density at radius 3 is 2.33 bits per heavy atom. The average Bonchev–Trinajstić information content (AvgIpc) is 2.03. The zero-order valence-electron chi connectivity index (χ0n) is 7.31. The van der Waals surface area contributed by atoms with Crippen LogP contribution in [0, 0.1) is 0 Å². The van der Waals surface area contributed by atoms with E-state index in [-0.39, 0.29) is 0 Å². The average molecular weight is 174 g/mol. The van der Waals surface area contributed by atoms with Crippen molar-refractivity contribution in [1.29, 1.82) is 0 Å². The van der Waals surface area contributed by atoms with Gasteiger partial charge in [0, 0.05) is 26.2 Å². The highest BCUT2D eigenvalue weighted by Crippen LogP contribution is 1.98. The van der Waals surface area contributed by atoms with Crippen molar-refractivity contribution >= 4 is 7.32 Å². The van der Waals surface area contributed by atoms with Crippen LogP contribution >= 0.6 is 0 Å². The van der Waals surface area contributed by atoms with Gasteiger partial charge >= 0.3 is 7.32 Å². The number of piperazine rings is 1. The van der Waals surface area contributed by atoms with E-state index in [0.29, 0.717) is 6.73 Å². The van der Waals surface area contributed by atoms with Crippen LogP contribution in [0.4, 0.5) is 0 Å². The van der Waals surface area contributed by atoms with Gasteiger partial charge in [-0.15, -0.1) is 0 Å². The monoisotopic (exact) mass is 174 g/mol. The standard InChI is InChI=1S/C6H15BN2O3/c1-8-2-4-9(5-3-8)6-12-7(10)11/h10-11H,2-6H2,1H3. The summed E-state index contributed by atoms with van der Waals surface area (Å²) in [6, 6.07) is 0. The Kier molecular flexibility index (Phi) is 3.97. The van der Waals surface area contributed by atoms with Gasteiger partial charge in [-0.1, -0.05) is 0 Å². The zero-order valence-corrected chi connectivity index (χ0v) is 7.31. The van der Waals surface area contributed by atoms with Gasteiger partial charge in [0.05, 0.1) is 6.73 Å². The van der Waals surface area contributed by atoms with Crippen molar-refractivity contribution < 1.29 is 14.7 Å². The molecule has 2 N–H and O–H groups in total. The minimum Gasteiger partial charge on any atom is -0.402 e. The molecule has 0 aliphatic carbocycles. The van der Waals surface area contributed by atoms with Crippen molar-refractivity contribution in [2.75, 3.05) is 40.0 Å². The van der Waals surface area contributed by atoms with Crippen LogP contribution in [0.1, 0.15) is 0 Å². The van der Waals surface area contributed by atoms with Gasteiger partial charge in [0.2, 0.25) is 0 Å². The van der Waals surface area contributed by atoms with Crippen LogP contribution in [0.5, 0.6) is 0 Å². The summed E-state index contributed by atoms with van der Waals surface area (Å²) >= 11 is 0. The third-order valence-electron chi connectivity index (χ3n) is 2.00. The SMILES string of the molecule is CN1CCN(COB(O)O)CC1. The largest absolute Gasteiger partial charge is 0.634 e. The highest BCUT2D eigenvalue weighted by molar-refractivity contribution is 6.32. The molecule has 1 aliphatic heterocycles. The molecule has 6 heteroatoms. The maximum absolute atomic E-state index is 8.43. The molecule has 0 aromatic heterocycles. The van der Waals surface area contributed by atoms with Crippen molar-refractivity contribution in [3.8, 4) is 0 Å². The van der Waals surface area contributed by atoms with Crippen molar-refractivity contribution in [2.45, 2.75) is 0 Å². The van der Waals surface area contributed by atoms with Crippen molar-refractivity contribution in [2.24, 2.45) is 0 Å². The van der Waals surface area contributed by atoms with E-state index >= 15 is 0 Å². The molecule has 0 atom stereocenters. The van der Waals surface area contributed by atoms with Crippen LogP contribution in [-0.2, 0) is 4.65 Å². The lowest BCUT2D eigenvalue weighted by Gasteiger charge is -2.31. The summed E-state index contributed by atoms with van der Waals surface area (Å²) in [4.78, 5) is 4.27. The predicted octanol–water partition coefficient (Wildman–Crippen LogP) is -1.82. The van der Waals surface area contributed by atoms with Crippen LogP contribution in [0.15, 0.2) is 0 Å². The van der Waals surface area contributed by atoms with E-state index in [1.807, 2.05) is 4.90 Å². The van der Waals surface area contributed by atoms with Crippen LogP contribution in [0.3, 0.4) is 0 Å². The van der Waals surface area contributed by atoms with Gasteiger partial charge in [0.1, 0.15) is 0 Å². The van der Waals surface area contributed by atoms with Crippen LogP contribution in [-0.4, -0.2) is 67.1 Å². The third kappa shape index (κ3) is 3.51. The molecule has 0 radical (unpaired) electrons. The molecule has 1 saturated heterocycles. The number of nitrogens with zero attached hydrogens (tertiary/aromatic N) is 2. The molecule has 0 spiro atoms. The minimum absolute atomic E-state index is 0.297. The summed E-state index contributed by atoms with van der Waals surface area (Å²) in [5.74, 6) is 0. The number of hydrogen-bond donors (Lipinski definition) is 2. The van der Waals surface area contributed by atoms with Gasteiger partial charge in [-0.2, -0.15) is 0 Å². The van der Waals surface area contributed by atoms with Crippen molar-refractivity contribution in [3.05, 3.63) is 0 Å². The molecule has 1 heterocycles. The van der Waals surface area contributed by atoms with Gasteiger partial charge in [-0.05, 0) is 7.05 Å². The normalized spacial score (nSPS) is 21.2. The first-order chi connectivity index (χ1) is 5.68. The van der Waals surface area contributed by atoms with E-state index in [0.717, 1.165) is 26.2 Å². The molecule has 1 rings (SSSR count). The third-order valence-corrected chi connectivity index (χ3v) is 2.00.